The Kier molecular flexibility index (Phi) is 6.60. The Morgan fingerprint density at radius 1 is 1.21 bits per heavy atom. The van der Waals surface area contributed by atoms with Gasteiger partial charge in [-0.1, -0.05) is 37.3 Å². The Balaban J connectivity index is 2.44. The monoisotopic (exact) mass is 264 g/mol. The lowest BCUT2D eigenvalue weighted by Crippen LogP contribution is -2.39. The smallest absolute Gasteiger partial charge is 0.239 e. The Bertz CT molecular complexity index is 406. The molecule has 104 valence electrons. The molecule has 0 aliphatic carbocycles. The number of carbonyl (C=O) groups is 2. The van der Waals surface area contributed by atoms with E-state index in [1.165, 1.54) is 0 Å². The highest BCUT2D eigenvalue weighted by atomic mass is 16.3. The molecular weight excluding hydrogens is 244 g/mol. The van der Waals surface area contributed by atoms with Crippen LogP contribution in [-0.4, -0.2) is 30.1 Å². The summed E-state index contributed by atoms with van der Waals surface area (Å²) in [6, 6.07) is 8.76. The number of aliphatic hydroxyl groups is 1. The van der Waals surface area contributed by atoms with E-state index in [4.69, 9.17) is 0 Å². The van der Waals surface area contributed by atoms with Crippen LogP contribution in [0.3, 0.4) is 0 Å². The van der Waals surface area contributed by atoms with Gasteiger partial charge in [-0.25, -0.2) is 0 Å². The zero-order valence-corrected chi connectivity index (χ0v) is 11.1. The maximum Gasteiger partial charge on any atom is 0.239 e. The predicted octanol–water partition coefficient (Wildman–Crippen LogP) is 0.752. The molecule has 0 fully saturated rings. The van der Waals surface area contributed by atoms with Gasteiger partial charge in [-0.2, -0.15) is 0 Å². The summed E-state index contributed by atoms with van der Waals surface area (Å²) < 4.78 is 0. The zero-order chi connectivity index (χ0) is 14.1. The number of aliphatic hydroxyl groups excluding tert-OH is 1. The van der Waals surface area contributed by atoms with Crippen molar-refractivity contribution >= 4 is 11.8 Å². The first-order valence-electron chi connectivity index (χ1n) is 6.39. The largest absolute Gasteiger partial charge is 0.394 e. The van der Waals surface area contributed by atoms with Gasteiger partial charge in [0, 0.05) is 6.42 Å². The Labute approximate surface area is 113 Å². The lowest BCUT2D eigenvalue weighted by molar-refractivity contribution is -0.126. The second-order valence-electron chi connectivity index (χ2n) is 4.24. The molecular formula is C14H20N2O3. The zero-order valence-electron chi connectivity index (χ0n) is 11.1. The Hall–Kier alpha value is -1.88. The van der Waals surface area contributed by atoms with E-state index in [0.717, 1.165) is 12.0 Å². The molecule has 5 heteroatoms. The van der Waals surface area contributed by atoms with Crippen molar-refractivity contribution in [3.05, 3.63) is 35.9 Å². The molecule has 1 aromatic rings. The summed E-state index contributed by atoms with van der Waals surface area (Å²) in [5.41, 5.74) is 0.832. The fourth-order valence-electron chi connectivity index (χ4n) is 1.66. The number of rotatable bonds is 7. The van der Waals surface area contributed by atoms with Crippen LogP contribution in [-0.2, 0) is 9.59 Å². The molecule has 5 nitrogen and oxygen atoms in total. The Morgan fingerprint density at radius 3 is 2.47 bits per heavy atom. The van der Waals surface area contributed by atoms with E-state index >= 15 is 0 Å². The van der Waals surface area contributed by atoms with Gasteiger partial charge in [0.2, 0.25) is 11.8 Å². The van der Waals surface area contributed by atoms with Crippen LogP contribution in [0, 0.1) is 0 Å². The average molecular weight is 264 g/mol. The SMILES string of the molecule is CCCC(=O)NCC(=O)NC(CO)c1ccccc1. The van der Waals surface area contributed by atoms with Gasteiger partial charge in [0.05, 0.1) is 19.2 Å². The van der Waals surface area contributed by atoms with Crippen molar-refractivity contribution in [2.75, 3.05) is 13.2 Å². The van der Waals surface area contributed by atoms with Crippen molar-refractivity contribution in [3.8, 4) is 0 Å². The van der Waals surface area contributed by atoms with Gasteiger partial charge >= 0.3 is 0 Å². The summed E-state index contributed by atoms with van der Waals surface area (Å²) in [7, 11) is 0. The average Bonchev–Trinajstić information content (AvgIpc) is 2.44. The topological polar surface area (TPSA) is 78.4 Å². The summed E-state index contributed by atoms with van der Waals surface area (Å²) in [6.45, 7) is 1.65. The third-order valence-corrected chi connectivity index (χ3v) is 2.64. The first kappa shape index (κ1) is 15.2. The van der Waals surface area contributed by atoms with E-state index in [1.54, 1.807) is 0 Å². The molecule has 19 heavy (non-hydrogen) atoms. The maximum absolute atomic E-state index is 11.7. The van der Waals surface area contributed by atoms with E-state index in [2.05, 4.69) is 10.6 Å². The van der Waals surface area contributed by atoms with Crippen molar-refractivity contribution in [3.63, 3.8) is 0 Å². The number of amides is 2. The summed E-state index contributed by atoms with van der Waals surface area (Å²) in [6.07, 6.45) is 1.16. The van der Waals surface area contributed by atoms with Gasteiger partial charge in [-0.3, -0.25) is 9.59 Å². The number of hydrogen-bond acceptors (Lipinski definition) is 3. The highest BCUT2D eigenvalue weighted by Crippen LogP contribution is 2.10. The highest BCUT2D eigenvalue weighted by molar-refractivity contribution is 5.84. The summed E-state index contributed by atoms with van der Waals surface area (Å²) in [5, 5.41) is 14.5. The van der Waals surface area contributed by atoms with Gasteiger partial charge in [-0.15, -0.1) is 0 Å². The molecule has 1 atom stereocenters. The minimum absolute atomic E-state index is 0.0673. The summed E-state index contributed by atoms with van der Waals surface area (Å²) in [5.74, 6) is -0.453. The van der Waals surface area contributed by atoms with E-state index < -0.39 is 6.04 Å². The number of nitrogens with one attached hydrogen (secondary N) is 2. The van der Waals surface area contributed by atoms with Crippen LogP contribution in [0.5, 0.6) is 0 Å². The van der Waals surface area contributed by atoms with Crippen LogP contribution in [0.15, 0.2) is 30.3 Å². The van der Waals surface area contributed by atoms with Gasteiger partial charge in [-0.05, 0) is 12.0 Å². The van der Waals surface area contributed by atoms with E-state index in [-0.39, 0.29) is 25.0 Å². The first-order chi connectivity index (χ1) is 9.17. The Morgan fingerprint density at radius 2 is 1.89 bits per heavy atom. The molecule has 0 aromatic heterocycles. The summed E-state index contributed by atoms with van der Waals surface area (Å²) in [4.78, 5) is 22.9. The predicted molar refractivity (Wildman–Crippen MR) is 72.3 cm³/mol. The molecule has 3 N–H and O–H groups in total. The van der Waals surface area contributed by atoms with Crippen molar-refractivity contribution < 1.29 is 14.7 Å². The van der Waals surface area contributed by atoms with Gasteiger partial charge in [0.25, 0.3) is 0 Å². The lowest BCUT2D eigenvalue weighted by Gasteiger charge is -2.16. The first-order valence-corrected chi connectivity index (χ1v) is 6.39. The molecule has 1 rings (SSSR count). The third kappa shape index (κ3) is 5.52. The van der Waals surface area contributed by atoms with Gasteiger partial charge < -0.3 is 15.7 Å². The minimum Gasteiger partial charge on any atom is -0.394 e. The third-order valence-electron chi connectivity index (χ3n) is 2.64. The second kappa shape index (κ2) is 8.26. The fourth-order valence-corrected chi connectivity index (χ4v) is 1.66. The van der Waals surface area contributed by atoms with Crippen molar-refractivity contribution in [1.29, 1.82) is 0 Å². The second-order valence-corrected chi connectivity index (χ2v) is 4.24. The highest BCUT2D eigenvalue weighted by Gasteiger charge is 2.13. The molecule has 0 aliphatic rings. The molecule has 0 saturated heterocycles. The number of benzene rings is 1. The van der Waals surface area contributed by atoms with Crippen molar-refractivity contribution in [2.24, 2.45) is 0 Å². The molecule has 0 radical (unpaired) electrons. The van der Waals surface area contributed by atoms with E-state index in [0.29, 0.717) is 6.42 Å². The molecule has 0 aliphatic heterocycles. The maximum atomic E-state index is 11.7. The van der Waals surface area contributed by atoms with Crippen LogP contribution in [0.25, 0.3) is 0 Å². The van der Waals surface area contributed by atoms with Crippen LogP contribution in [0.1, 0.15) is 31.4 Å². The normalized spacial score (nSPS) is 11.7. The van der Waals surface area contributed by atoms with Crippen molar-refractivity contribution in [1.82, 2.24) is 10.6 Å². The number of hydrogen-bond donors (Lipinski definition) is 3. The molecule has 0 bridgehead atoms. The molecule has 2 amide bonds. The van der Waals surface area contributed by atoms with Gasteiger partial charge in [0.15, 0.2) is 0 Å². The quantitative estimate of drug-likeness (QED) is 0.680. The van der Waals surface area contributed by atoms with Crippen LogP contribution in [0.2, 0.25) is 0 Å². The van der Waals surface area contributed by atoms with Gasteiger partial charge in [0.1, 0.15) is 0 Å². The summed E-state index contributed by atoms with van der Waals surface area (Å²) >= 11 is 0. The van der Waals surface area contributed by atoms with Crippen LogP contribution < -0.4 is 10.6 Å². The van der Waals surface area contributed by atoms with E-state index in [9.17, 15) is 14.7 Å². The van der Waals surface area contributed by atoms with Crippen LogP contribution >= 0.6 is 0 Å². The molecule has 0 spiro atoms. The minimum atomic E-state index is -0.447. The van der Waals surface area contributed by atoms with Crippen molar-refractivity contribution in [2.45, 2.75) is 25.8 Å². The number of carbonyl (C=O) groups excluding carboxylic acids is 2. The van der Waals surface area contributed by atoms with Crippen LogP contribution in [0.4, 0.5) is 0 Å². The molecule has 0 saturated carbocycles. The fraction of sp³-hybridized carbons (Fsp3) is 0.429. The lowest BCUT2D eigenvalue weighted by atomic mass is 10.1. The molecule has 0 heterocycles. The molecule has 1 unspecified atom stereocenters. The standard InChI is InChI=1S/C14H20N2O3/c1-2-6-13(18)15-9-14(19)16-12(10-17)11-7-4-3-5-8-11/h3-5,7-8,12,17H,2,6,9-10H2,1H3,(H,15,18)(H,16,19). The van der Waals surface area contributed by atoms with E-state index in [1.807, 2.05) is 37.3 Å². The molecule has 1 aromatic carbocycles.